The fourth-order valence-electron chi connectivity index (χ4n) is 2.63. The molecule has 1 fully saturated rings. The van der Waals surface area contributed by atoms with E-state index >= 15 is 0 Å². The van der Waals surface area contributed by atoms with E-state index in [0.29, 0.717) is 37.5 Å². The topological polar surface area (TPSA) is 71.8 Å². The van der Waals surface area contributed by atoms with Crippen molar-refractivity contribution in [3.8, 4) is 11.8 Å². The van der Waals surface area contributed by atoms with E-state index in [1.807, 2.05) is 26.8 Å². The molecular formula is C18H24N2O4. The van der Waals surface area contributed by atoms with Crippen LogP contribution < -0.4 is 4.74 Å². The van der Waals surface area contributed by atoms with Crippen LogP contribution in [-0.2, 0) is 15.9 Å². The highest BCUT2D eigenvalue weighted by Gasteiger charge is 2.31. The number of hydrogen-bond donors (Lipinski definition) is 0. The Bertz CT molecular complexity index is 631. The molecule has 2 rings (SSSR count). The van der Waals surface area contributed by atoms with Gasteiger partial charge in [-0.15, -0.1) is 0 Å². The van der Waals surface area contributed by atoms with Crippen LogP contribution in [0.2, 0.25) is 0 Å². The summed E-state index contributed by atoms with van der Waals surface area (Å²) in [5, 5.41) is 9.21. The summed E-state index contributed by atoms with van der Waals surface area (Å²) >= 11 is 0. The highest BCUT2D eigenvalue weighted by molar-refractivity contribution is 5.68. The Morgan fingerprint density at radius 2 is 2.21 bits per heavy atom. The summed E-state index contributed by atoms with van der Waals surface area (Å²) in [6.45, 7) is 7.00. The molecule has 1 aromatic carbocycles. The molecule has 0 saturated carbocycles. The number of hydrogen-bond acceptors (Lipinski definition) is 5. The van der Waals surface area contributed by atoms with Crippen molar-refractivity contribution in [2.24, 2.45) is 0 Å². The Morgan fingerprint density at radius 1 is 1.46 bits per heavy atom. The van der Waals surface area contributed by atoms with Gasteiger partial charge in [-0.2, -0.15) is 5.26 Å². The molecule has 0 N–H and O–H groups in total. The second-order valence-corrected chi connectivity index (χ2v) is 6.75. The van der Waals surface area contributed by atoms with Gasteiger partial charge in [-0.05, 0) is 44.9 Å². The van der Waals surface area contributed by atoms with E-state index < -0.39 is 5.60 Å². The Hall–Kier alpha value is -2.26. The zero-order valence-electron chi connectivity index (χ0n) is 14.7. The quantitative estimate of drug-likeness (QED) is 0.851. The highest BCUT2D eigenvalue weighted by Crippen LogP contribution is 2.22. The van der Waals surface area contributed by atoms with Gasteiger partial charge in [0.15, 0.2) is 0 Å². The molecule has 1 aliphatic rings. The molecule has 6 heteroatoms. The number of amides is 1. The third-order valence-corrected chi connectivity index (χ3v) is 3.71. The zero-order valence-corrected chi connectivity index (χ0v) is 14.7. The first-order chi connectivity index (χ1) is 11.3. The standard InChI is InChI=1S/C18H24N2O4/c1-18(2,3)24-17(21)20-7-8-23-12-15(20)10-13-5-6-16(22-4)14(9-13)11-19/h5-6,9,15H,7-8,10,12H2,1-4H3/t15-/m1/s1. The van der Waals surface area contributed by atoms with Crippen LogP contribution in [0, 0.1) is 11.3 Å². The Balaban J connectivity index is 2.14. The van der Waals surface area contributed by atoms with E-state index in [4.69, 9.17) is 14.2 Å². The van der Waals surface area contributed by atoms with Crippen LogP contribution in [0.1, 0.15) is 31.9 Å². The van der Waals surface area contributed by atoms with Crippen molar-refractivity contribution in [1.82, 2.24) is 4.90 Å². The third kappa shape index (κ3) is 4.62. The molecule has 1 aliphatic heterocycles. The SMILES string of the molecule is COc1ccc(C[C@@H]2COCCN2C(=O)OC(C)(C)C)cc1C#N. The predicted molar refractivity (Wildman–Crippen MR) is 89.0 cm³/mol. The Morgan fingerprint density at radius 3 is 2.83 bits per heavy atom. The van der Waals surface area contributed by atoms with Crippen molar-refractivity contribution in [1.29, 1.82) is 5.26 Å². The molecule has 1 saturated heterocycles. The number of methoxy groups -OCH3 is 1. The maximum absolute atomic E-state index is 12.4. The third-order valence-electron chi connectivity index (χ3n) is 3.71. The molecule has 0 unspecified atom stereocenters. The van der Waals surface area contributed by atoms with E-state index in [1.54, 1.807) is 17.0 Å². The summed E-state index contributed by atoms with van der Waals surface area (Å²) < 4.78 is 16.2. The van der Waals surface area contributed by atoms with Gasteiger partial charge >= 0.3 is 6.09 Å². The van der Waals surface area contributed by atoms with E-state index in [9.17, 15) is 10.1 Å². The number of rotatable bonds is 3. The molecule has 0 aromatic heterocycles. The first-order valence-electron chi connectivity index (χ1n) is 7.98. The van der Waals surface area contributed by atoms with Crippen LogP contribution in [-0.4, -0.2) is 49.5 Å². The van der Waals surface area contributed by atoms with Crippen molar-refractivity contribution in [3.05, 3.63) is 29.3 Å². The summed E-state index contributed by atoms with van der Waals surface area (Å²) in [4.78, 5) is 14.1. The number of nitriles is 1. The Labute approximate surface area is 142 Å². The van der Waals surface area contributed by atoms with Crippen molar-refractivity contribution in [2.45, 2.75) is 38.8 Å². The zero-order chi connectivity index (χ0) is 17.7. The molecule has 24 heavy (non-hydrogen) atoms. The van der Waals surface area contributed by atoms with E-state index in [-0.39, 0.29) is 12.1 Å². The normalized spacial score (nSPS) is 18.0. The second kappa shape index (κ2) is 7.54. The summed E-state index contributed by atoms with van der Waals surface area (Å²) in [5.41, 5.74) is 0.903. The van der Waals surface area contributed by atoms with Crippen LogP contribution >= 0.6 is 0 Å². The summed E-state index contributed by atoms with van der Waals surface area (Å²) in [5.74, 6) is 0.546. The maximum Gasteiger partial charge on any atom is 0.410 e. The Kier molecular flexibility index (Phi) is 5.68. The molecular weight excluding hydrogens is 308 g/mol. The number of carbonyl (C=O) groups excluding carboxylic acids is 1. The predicted octanol–water partition coefficient (Wildman–Crippen LogP) is 2.75. The van der Waals surface area contributed by atoms with Gasteiger partial charge in [0.1, 0.15) is 17.4 Å². The minimum absolute atomic E-state index is 0.117. The number of benzene rings is 1. The van der Waals surface area contributed by atoms with Crippen LogP contribution in [0.3, 0.4) is 0 Å². The number of carbonyl (C=O) groups is 1. The lowest BCUT2D eigenvalue weighted by molar-refractivity contribution is -0.0319. The average molecular weight is 332 g/mol. The molecule has 0 spiro atoms. The van der Waals surface area contributed by atoms with E-state index in [1.165, 1.54) is 7.11 Å². The maximum atomic E-state index is 12.4. The van der Waals surface area contributed by atoms with E-state index in [2.05, 4.69) is 6.07 Å². The molecule has 1 atom stereocenters. The van der Waals surface area contributed by atoms with Gasteiger partial charge in [0.05, 0.1) is 31.9 Å². The van der Waals surface area contributed by atoms with Gasteiger partial charge in [0.2, 0.25) is 0 Å². The summed E-state index contributed by atoms with van der Waals surface area (Å²) in [6.07, 6.45) is 0.266. The lowest BCUT2D eigenvalue weighted by atomic mass is 10.0. The number of nitrogens with zero attached hydrogens (tertiary/aromatic N) is 2. The largest absolute Gasteiger partial charge is 0.495 e. The second-order valence-electron chi connectivity index (χ2n) is 6.75. The van der Waals surface area contributed by atoms with Gasteiger partial charge in [0.25, 0.3) is 0 Å². The molecule has 1 aromatic rings. The molecule has 0 radical (unpaired) electrons. The van der Waals surface area contributed by atoms with Crippen LogP contribution in [0.4, 0.5) is 4.79 Å². The van der Waals surface area contributed by atoms with Gasteiger partial charge in [0, 0.05) is 6.54 Å². The smallest absolute Gasteiger partial charge is 0.410 e. The number of ether oxygens (including phenoxy) is 3. The number of morpholine rings is 1. The summed E-state index contributed by atoms with van der Waals surface area (Å²) in [7, 11) is 1.54. The monoisotopic (exact) mass is 332 g/mol. The van der Waals surface area contributed by atoms with E-state index in [0.717, 1.165) is 5.56 Å². The molecule has 0 aliphatic carbocycles. The first-order valence-corrected chi connectivity index (χ1v) is 7.98. The van der Waals surface area contributed by atoms with Crippen LogP contribution in [0.15, 0.2) is 18.2 Å². The molecule has 0 bridgehead atoms. The van der Waals surface area contributed by atoms with Crippen molar-refractivity contribution in [3.63, 3.8) is 0 Å². The van der Waals surface area contributed by atoms with Gasteiger partial charge in [-0.25, -0.2) is 4.79 Å². The lowest BCUT2D eigenvalue weighted by Crippen LogP contribution is -2.51. The molecule has 1 amide bonds. The van der Waals surface area contributed by atoms with Crippen molar-refractivity contribution >= 4 is 6.09 Å². The van der Waals surface area contributed by atoms with Gasteiger partial charge in [-0.1, -0.05) is 6.07 Å². The van der Waals surface area contributed by atoms with Crippen molar-refractivity contribution < 1.29 is 19.0 Å². The van der Waals surface area contributed by atoms with Crippen LogP contribution in [0.25, 0.3) is 0 Å². The highest BCUT2D eigenvalue weighted by atomic mass is 16.6. The summed E-state index contributed by atoms with van der Waals surface area (Å²) in [6, 6.07) is 7.48. The van der Waals surface area contributed by atoms with Gasteiger partial charge < -0.3 is 19.1 Å². The molecule has 130 valence electrons. The van der Waals surface area contributed by atoms with Crippen molar-refractivity contribution in [2.75, 3.05) is 26.9 Å². The average Bonchev–Trinajstić information content (AvgIpc) is 2.53. The minimum Gasteiger partial charge on any atom is -0.495 e. The van der Waals surface area contributed by atoms with Gasteiger partial charge in [-0.3, -0.25) is 0 Å². The first kappa shape index (κ1) is 18.1. The fraction of sp³-hybridized carbons (Fsp3) is 0.556. The lowest BCUT2D eigenvalue weighted by Gasteiger charge is -2.36. The fourth-order valence-corrected chi connectivity index (χ4v) is 2.63. The van der Waals surface area contributed by atoms with Crippen LogP contribution in [0.5, 0.6) is 5.75 Å². The minimum atomic E-state index is -0.534. The molecule has 6 nitrogen and oxygen atoms in total. The molecule has 1 heterocycles.